The predicted molar refractivity (Wildman–Crippen MR) is 174 cm³/mol. The van der Waals surface area contributed by atoms with Gasteiger partial charge in [0, 0.05) is 69.0 Å². The Hall–Kier alpha value is -2.86. The van der Waals surface area contributed by atoms with Crippen LogP contribution < -0.4 is 5.73 Å². The van der Waals surface area contributed by atoms with Crippen molar-refractivity contribution in [1.29, 1.82) is 0 Å². The van der Waals surface area contributed by atoms with Gasteiger partial charge in [-0.05, 0) is 83.1 Å². The minimum Gasteiger partial charge on any atom is -0.378 e. The van der Waals surface area contributed by atoms with E-state index in [1.807, 2.05) is 7.05 Å². The van der Waals surface area contributed by atoms with Gasteiger partial charge in [-0.2, -0.15) is 0 Å². The molecule has 2 saturated heterocycles. The summed E-state index contributed by atoms with van der Waals surface area (Å²) in [6.45, 7) is 19.3. The summed E-state index contributed by atoms with van der Waals surface area (Å²) in [6, 6.07) is 7.27. The normalized spacial score (nSPS) is 19.6. The van der Waals surface area contributed by atoms with Gasteiger partial charge in [0.15, 0.2) is 0 Å². The van der Waals surface area contributed by atoms with Gasteiger partial charge in [-0.15, -0.1) is 0 Å². The van der Waals surface area contributed by atoms with Gasteiger partial charge < -0.3 is 20.4 Å². The Labute approximate surface area is 244 Å². The predicted octanol–water partition coefficient (Wildman–Crippen LogP) is 6.42. The Bertz CT molecular complexity index is 1120. The lowest BCUT2D eigenvalue weighted by atomic mass is 9.92. The number of benzene rings is 1. The molecule has 0 radical (unpaired) electrons. The van der Waals surface area contributed by atoms with Crippen LogP contribution in [0.25, 0.3) is 5.70 Å². The summed E-state index contributed by atoms with van der Waals surface area (Å²) in [7, 11) is 4.06. The van der Waals surface area contributed by atoms with Gasteiger partial charge >= 0.3 is 0 Å². The van der Waals surface area contributed by atoms with Crippen LogP contribution in [0.4, 0.5) is 0 Å². The van der Waals surface area contributed by atoms with Crippen molar-refractivity contribution in [3.8, 4) is 0 Å². The number of unbranched alkanes of at least 4 members (excludes halogenated alkanes) is 1. The molecule has 1 atom stereocenters. The number of aliphatic imine (C=N–C) groups is 2. The number of nitrogens with zero attached hydrogens (tertiary/aromatic N) is 5. The van der Waals surface area contributed by atoms with E-state index in [0.717, 1.165) is 68.4 Å². The minimum absolute atomic E-state index is 0.199. The summed E-state index contributed by atoms with van der Waals surface area (Å²) < 4.78 is 0. The van der Waals surface area contributed by atoms with Crippen LogP contribution in [0, 0.1) is 6.92 Å². The smallest absolute Gasteiger partial charge is 0.130 e. The first kappa shape index (κ1) is 31.7. The first-order valence-corrected chi connectivity index (χ1v) is 15.4. The summed E-state index contributed by atoms with van der Waals surface area (Å²) in [5.74, 6) is 0.983. The van der Waals surface area contributed by atoms with Crippen molar-refractivity contribution in [2.75, 3.05) is 40.3 Å². The average molecular weight is 547 g/mol. The lowest BCUT2D eigenvalue weighted by molar-refractivity contribution is 0.255. The van der Waals surface area contributed by atoms with Crippen molar-refractivity contribution in [3.05, 3.63) is 65.0 Å². The molecular formula is C34H54N6. The summed E-state index contributed by atoms with van der Waals surface area (Å²) in [6.07, 6.45) is 12.4. The molecule has 1 unspecified atom stereocenters. The Balaban J connectivity index is 1.90. The maximum absolute atomic E-state index is 6.14. The highest BCUT2D eigenvalue weighted by atomic mass is 15.3. The zero-order valence-corrected chi connectivity index (χ0v) is 26.3. The maximum Gasteiger partial charge on any atom is 0.130 e. The lowest BCUT2D eigenvalue weighted by Crippen LogP contribution is -2.57. The van der Waals surface area contributed by atoms with E-state index in [1.165, 1.54) is 48.1 Å². The van der Waals surface area contributed by atoms with Crippen LogP contribution in [-0.4, -0.2) is 78.6 Å². The molecule has 40 heavy (non-hydrogen) atoms. The van der Waals surface area contributed by atoms with Crippen LogP contribution in [0.15, 0.2) is 58.3 Å². The van der Waals surface area contributed by atoms with Crippen molar-refractivity contribution in [3.63, 3.8) is 0 Å². The van der Waals surface area contributed by atoms with Gasteiger partial charge in [0.25, 0.3) is 0 Å². The Morgan fingerprint density at radius 2 is 1.90 bits per heavy atom. The fourth-order valence-electron chi connectivity index (χ4n) is 5.70. The molecule has 0 amide bonds. The van der Waals surface area contributed by atoms with Crippen molar-refractivity contribution in [1.82, 2.24) is 14.7 Å². The van der Waals surface area contributed by atoms with E-state index in [9.17, 15) is 0 Å². The molecule has 2 aliphatic rings. The topological polar surface area (TPSA) is 60.5 Å². The van der Waals surface area contributed by atoms with Crippen molar-refractivity contribution >= 4 is 17.2 Å². The number of likely N-dealkylation sites (tertiary alicyclic amines) is 2. The summed E-state index contributed by atoms with van der Waals surface area (Å²) in [4.78, 5) is 17.0. The van der Waals surface area contributed by atoms with Crippen LogP contribution in [0.2, 0.25) is 0 Å². The monoisotopic (exact) mass is 546 g/mol. The van der Waals surface area contributed by atoms with Crippen LogP contribution >= 0.6 is 0 Å². The molecule has 6 nitrogen and oxygen atoms in total. The molecule has 0 spiro atoms. The van der Waals surface area contributed by atoms with Crippen molar-refractivity contribution in [2.45, 2.75) is 91.6 Å². The Morgan fingerprint density at radius 1 is 1.15 bits per heavy atom. The molecule has 0 aliphatic carbocycles. The van der Waals surface area contributed by atoms with E-state index in [1.54, 1.807) is 0 Å². The quantitative estimate of drug-likeness (QED) is 0.243. The molecule has 2 heterocycles. The van der Waals surface area contributed by atoms with E-state index >= 15 is 0 Å². The first-order valence-electron chi connectivity index (χ1n) is 15.4. The summed E-state index contributed by atoms with van der Waals surface area (Å²) >= 11 is 0. The number of aryl methyl sites for hydroxylation is 2. The second-order valence-corrected chi connectivity index (χ2v) is 11.7. The first-order chi connectivity index (χ1) is 19.2. The van der Waals surface area contributed by atoms with Crippen LogP contribution in [0.5, 0.6) is 0 Å². The number of amidine groups is 1. The van der Waals surface area contributed by atoms with E-state index < -0.39 is 0 Å². The molecule has 2 aliphatic heterocycles. The molecule has 0 aromatic heterocycles. The SMILES string of the molecule is C=C(c1cc(C)ccc1CCCC)N1CCCCC1C(/C=C(C)/N=C(/C=C(\C)N(C)CCC)N1CC(N)C1)=NC. The second-order valence-electron chi connectivity index (χ2n) is 11.7. The highest BCUT2D eigenvalue weighted by molar-refractivity contribution is 6.01. The van der Waals surface area contributed by atoms with Crippen LogP contribution in [-0.2, 0) is 6.42 Å². The fourth-order valence-corrected chi connectivity index (χ4v) is 5.70. The lowest BCUT2D eigenvalue weighted by Gasteiger charge is -2.40. The van der Waals surface area contributed by atoms with E-state index in [0.29, 0.717) is 0 Å². The molecule has 1 aromatic carbocycles. The number of hydrogen-bond donors (Lipinski definition) is 1. The number of rotatable bonds is 12. The zero-order valence-electron chi connectivity index (χ0n) is 26.3. The third-order valence-corrected chi connectivity index (χ3v) is 8.21. The molecule has 0 bridgehead atoms. The maximum atomic E-state index is 6.14. The molecule has 6 heteroatoms. The van der Waals surface area contributed by atoms with Crippen LogP contribution in [0.1, 0.15) is 82.9 Å². The molecule has 1 aromatic rings. The number of nitrogens with two attached hydrogens (primary N) is 1. The van der Waals surface area contributed by atoms with Gasteiger partial charge in [-0.1, -0.05) is 44.5 Å². The van der Waals surface area contributed by atoms with Crippen molar-refractivity contribution < 1.29 is 0 Å². The number of hydrogen-bond acceptors (Lipinski definition) is 5. The van der Waals surface area contributed by atoms with Crippen LogP contribution in [0.3, 0.4) is 0 Å². The van der Waals surface area contributed by atoms with Gasteiger partial charge in [-0.3, -0.25) is 4.99 Å². The fraction of sp³-hybridized carbons (Fsp3) is 0.588. The van der Waals surface area contributed by atoms with E-state index in [-0.39, 0.29) is 12.1 Å². The van der Waals surface area contributed by atoms with Gasteiger partial charge in [0.2, 0.25) is 0 Å². The third-order valence-electron chi connectivity index (χ3n) is 8.21. The average Bonchev–Trinajstić information content (AvgIpc) is 2.92. The summed E-state index contributed by atoms with van der Waals surface area (Å²) in [5, 5.41) is 0. The molecule has 2 N–H and O–H groups in total. The van der Waals surface area contributed by atoms with Gasteiger partial charge in [0.1, 0.15) is 5.84 Å². The standard InChI is InChI=1S/C34H54N6/c1-9-11-14-29-17-16-25(3)20-31(29)28(6)40-19-13-12-15-33(40)32(36-7)21-26(4)37-34(39-23-30(35)24-39)22-27(5)38(8)18-10-2/h16-17,20-22,30,33H,6,9-15,18-19,23-24,35H2,1-5,7-8H3/b26-21+,27-22+,36-32?,37-34-. The molecule has 3 rings (SSSR count). The molecule has 0 saturated carbocycles. The zero-order chi connectivity index (χ0) is 29.2. The highest BCUT2D eigenvalue weighted by Gasteiger charge is 2.29. The largest absolute Gasteiger partial charge is 0.378 e. The van der Waals surface area contributed by atoms with E-state index in [2.05, 4.69) is 93.3 Å². The van der Waals surface area contributed by atoms with Gasteiger partial charge in [-0.25, -0.2) is 4.99 Å². The second kappa shape index (κ2) is 15.2. The van der Waals surface area contributed by atoms with E-state index in [4.69, 9.17) is 15.7 Å². The molecule has 2 fully saturated rings. The molecule has 220 valence electrons. The Kier molecular flexibility index (Phi) is 12.1. The Morgan fingerprint density at radius 3 is 2.55 bits per heavy atom. The minimum atomic E-state index is 0.199. The van der Waals surface area contributed by atoms with Gasteiger partial charge in [0.05, 0.1) is 11.8 Å². The summed E-state index contributed by atoms with van der Waals surface area (Å²) in [5.41, 5.74) is 14.5. The third kappa shape index (κ3) is 8.33. The number of piperidine rings is 1. The number of allylic oxidation sites excluding steroid dienone is 2. The molecular weight excluding hydrogens is 492 g/mol. The van der Waals surface area contributed by atoms with Crippen molar-refractivity contribution in [2.24, 2.45) is 15.7 Å². The highest BCUT2D eigenvalue weighted by Crippen LogP contribution is 2.31.